The maximum absolute atomic E-state index is 11.4. The first-order valence-electron chi connectivity index (χ1n) is 5.03. The second kappa shape index (κ2) is 5.95. The largest absolute Gasteiger partial charge is 0.342 e. The summed E-state index contributed by atoms with van der Waals surface area (Å²) in [7, 11) is -3.63. The molecule has 0 aromatic rings. The zero-order chi connectivity index (χ0) is 12.2. The van der Waals surface area contributed by atoms with Gasteiger partial charge >= 0.3 is 0 Å². The van der Waals surface area contributed by atoms with E-state index in [1.165, 1.54) is 0 Å². The van der Waals surface area contributed by atoms with Gasteiger partial charge in [0.1, 0.15) is 0 Å². The van der Waals surface area contributed by atoms with Crippen molar-refractivity contribution >= 4 is 32.0 Å². The summed E-state index contributed by atoms with van der Waals surface area (Å²) in [4.78, 5) is 13.2. The molecule has 1 heterocycles. The number of nitrogens with one attached hydrogen (secondary N) is 1. The molecule has 6 nitrogen and oxygen atoms in total. The number of halogens is 1. The summed E-state index contributed by atoms with van der Waals surface area (Å²) >= 11 is 3.12. The van der Waals surface area contributed by atoms with E-state index in [1.54, 1.807) is 4.90 Å². The van der Waals surface area contributed by atoms with Crippen molar-refractivity contribution in [1.82, 2.24) is 9.62 Å². The Hall–Kier alpha value is -0.180. The average Bonchev–Trinajstić information content (AvgIpc) is 2.25. The lowest BCUT2D eigenvalue weighted by molar-refractivity contribution is -0.129. The Labute approximate surface area is 104 Å². The molecule has 16 heavy (non-hydrogen) atoms. The highest BCUT2D eigenvalue weighted by Gasteiger charge is 2.23. The fourth-order valence-corrected chi connectivity index (χ4v) is 2.60. The van der Waals surface area contributed by atoms with Gasteiger partial charge in [0.05, 0.1) is 5.33 Å². The fraction of sp³-hybridized carbons (Fsp3) is 0.875. The quantitative estimate of drug-likeness (QED) is 0.680. The maximum atomic E-state index is 11.4. The number of nitrogens with zero attached hydrogens (tertiary/aromatic N) is 1. The molecule has 1 aliphatic rings. The number of carbonyl (C=O) groups is 1. The third-order valence-electron chi connectivity index (χ3n) is 2.56. The predicted molar refractivity (Wildman–Crippen MR) is 64.2 cm³/mol. The van der Waals surface area contributed by atoms with Crippen LogP contribution in [0.4, 0.5) is 0 Å². The van der Waals surface area contributed by atoms with Crippen LogP contribution in [0.2, 0.25) is 0 Å². The molecule has 1 atom stereocenters. The monoisotopic (exact) mass is 313 g/mol. The van der Waals surface area contributed by atoms with Gasteiger partial charge in [0.15, 0.2) is 0 Å². The number of piperidine rings is 1. The van der Waals surface area contributed by atoms with E-state index in [4.69, 9.17) is 5.14 Å². The number of hydrogen-bond donors (Lipinski definition) is 2. The minimum Gasteiger partial charge on any atom is -0.342 e. The Balaban J connectivity index is 2.42. The van der Waals surface area contributed by atoms with Gasteiger partial charge in [-0.3, -0.25) is 4.79 Å². The zero-order valence-corrected chi connectivity index (χ0v) is 11.3. The third kappa shape index (κ3) is 4.77. The Morgan fingerprint density at radius 3 is 2.81 bits per heavy atom. The minimum absolute atomic E-state index is 0.0419. The number of amides is 1. The number of nitrogens with two attached hydrogens (primary N) is 1. The molecule has 1 fully saturated rings. The molecule has 0 aliphatic carbocycles. The van der Waals surface area contributed by atoms with Crippen LogP contribution >= 0.6 is 15.9 Å². The van der Waals surface area contributed by atoms with Gasteiger partial charge in [-0.2, -0.15) is 8.42 Å². The van der Waals surface area contributed by atoms with Gasteiger partial charge < -0.3 is 4.90 Å². The number of alkyl halides is 1. The molecule has 0 saturated carbocycles. The van der Waals surface area contributed by atoms with Crippen molar-refractivity contribution in [2.24, 2.45) is 11.1 Å². The van der Waals surface area contributed by atoms with Crippen molar-refractivity contribution in [3.8, 4) is 0 Å². The van der Waals surface area contributed by atoms with Crippen molar-refractivity contribution in [3.05, 3.63) is 0 Å². The molecule has 94 valence electrons. The first-order chi connectivity index (χ1) is 7.42. The summed E-state index contributed by atoms with van der Waals surface area (Å²) in [5.74, 6) is 0.190. The van der Waals surface area contributed by atoms with Crippen LogP contribution in [0.5, 0.6) is 0 Å². The predicted octanol–water partition coefficient (Wildman–Crippen LogP) is -0.587. The minimum atomic E-state index is -3.63. The van der Waals surface area contributed by atoms with E-state index >= 15 is 0 Å². The van der Waals surface area contributed by atoms with Gasteiger partial charge in [-0.25, -0.2) is 9.86 Å². The first-order valence-corrected chi connectivity index (χ1v) is 7.70. The molecule has 1 amide bonds. The molecule has 0 spiro atoms. The van der Waals surface area contributed by atoms with Gasteiger partial charge in [-0.05, 0) is 18.8 Å². The summed E-state index contributed by atoms with van der Waals surface area (Å²) in [5.41, 5.74) is 0. The second-order valence-electron chi connectivity index (χ2n) is 3.88. The topological polar surface area (TPSA) is 92.5 Å². The van der Waals surface area contributed by atoms with Crippen molar-refractivity contribution in [3.63, 3.8) is 0 Å². The molecular formula is C8H16BrN3O3S. The van der Waals surface area contributed by atoms with E-state index < -0.39 is 10.2 Å². The van der Waals surface area contributed by atoms with E-state index in [9.17, 15) is 13.2 Å². The van der Waals surface area contributed by atoms with Crippen LogP contribution < -0.4 is 9.86 Å². The highest BCUT2D eigenvalue weighted by molar-refractivity contribution is 9.09. The normalized spacial score (nSPS) is 22.1. The highest BCUT2D eigenvalue weighted by Crippen LogP contribution is 2.16. The molecule has 1 saturated heterocycles. The lowest BCUT2D eigenvalue weighted by atomic mass is 9.98. The standard InChI is InChI=1S/C8H16BrN3O3S/c9-4-8(13)12-3-1-2-7(6-12)5-11-16(10,14)15/h7,11H,1-6H2,(H2,10,14,15). The van der Waals surface area contributed by atoms with E-state index in [1.807, 2.05) is 0 Å². The zero-order valence-electron chi connectivity index (χ0n) is 8.86. The fourth-order valence-electron chi connectivity index (χ4n) is 1.78. The molecule has 0 aromatic heterocycles. The van der Waals surface area contributed by atoms with Gasteiger partial charge in [-0.15, -0.1) is 0 Å². The molecule has 0 radical (unpaired) electrons. The highest BCUT2D eigenvalue weighted by atomic mass is 79.9. The number of rotatable bonds is 4. The molecular weight excluding hydrogens is 298 g/mol. The van der Waals surface area contributed by atoms with Crippen LogP contribution in [0.25, 0.3) is 0 Å². The molecule has 1 aliphatic heterocycles. The summed E-state index contributed by atoms with van der Waals surface area (Å²) in [5, 5.41) is 5.15. The van der Waals surface area contributed by atoms with Gasteiger partial charge in [-0.1, -0.05) is 15.9 Å². The Kier molecular flexibility index (Phi) is 5.16. The van der Waals surface area contributed by atoms with Gasteiger partial charge in [0.25, 0.3) is 10.2 Å². The maximum Gasteiger partial charge on any atom is 0.274 e. The molecule has 1 unspecified atom stereocenters. The second-order valence-corrected chi connectivity index (χ2v) is 5.81. The number of hydrogen-bond acceptors (Lipinski definition) is 3. The summed E-state index contributed by atoms with van der Waals surface area (Å²) in [6, 6.07) is 0. The van der Waals surface area contributed by atoms with Crippen LogP contribution in [0.1, 0.15) is 12.8 Å². The SMILES string of the molecule is NS(=O)(=O)NCC1CCCN(C(=O)CBr)C1. The Morgan fingerprint density at radius 2 is 2.25 bits per heavy atom. The number of carbonyl (C=O) groups excluding carboxylic acids is 1. The van der Waals surface area contributed by atoms with Crippen LogP contribution in [0, 0.1) is 5.92 Å². The molecule has 0 bridgehead atoms. The Morgan fingerprint density at radius 1 is 1.56 bits per heavy atom. The molecule has 1 rings (SSSR count). The summed E-state index contributed by atoms with van der Waals surface area (Å²) in [6.07, 6.45) is 1.81. The molecule has 0 aromatic carbocycles. The summed E-state index contributed by atoms with van der Waals surface area (Å²) < 4.78 is 23.7. The lowest BCUT2D eigenvalue weighted by Gasteiger charge is -2.32. The first kappa shape index (κ1) is 13.9. The smallest absolute Gasteiger partial charge is 0.274 e. The lowest BCUT2D eigenvalue weighted by Crippen LogP contribution is -2.45. The van der Waals surface area contributed by atoms with Crippen molar-refractivity contribution in [2.45, 2.75) is 12.8 Å². The van der Waals surface area contributed by atoms with Crippen LogP contribution in [0.15, 0.2) is 0 Å². The third-order valence-corrected chi connectivity index (χ3v) is 3.61. The van der Waals surface area contributed by atoms with E-state index in [2.05, 4.69) is 20.7 Å². The Bertz CT molecular complexity index is 346. The molecule has 8 heteroatoms. The van der Waals surface area contributed by atoms with Crippen molar-refractivity contribution in [2.75, 3.05) is 25.0 Å². The van der Waals surface area contributed by atoms with Gasteiger partial charge in [0.2, 0.25) is 5.91 Å². The molecule has 3 N–H and O–H groups in total. The van der Waals surface area contributed by atoms with Crippen molar-refractivity contribution < 1.29 is 13.2 Å². The van der Waals surface area contributed by atoms with Crippen molar-refractivity contribution in [1.29, 1.82) is 0 Å². The van der Waals surface area contributed by atoms with E-state index in [0.717, 1.165) is 19.4 Å². The summed E-state index contributed by atoms with van der Waals surface area (Å²) in [6.45, 7) is 1.63. The van der Waals surface area contributed by atoms with Crippen LogP contribution in [-0.4, -0.2) is 44.2 Å². The van der Waals surface area contributed by atoms with Gasteiger partial charge in [0, 0.05) is 19.6 Å². The average molecular weight is 314 g/mol. The van der Waals surface area contributed by atoms with E-state index in [0.29, 0.717) is 18.4 Å². The van der Waals surface area contributed by atoms with Crippen LogP contribution in [0.3, 0.4) is 0 Å². The number of likely N-dealkylation sites (tertiary alicyclic amines) is 1. The van der Waals surface area contributed by atoms with Crippen LogP contribution in [-0.2, 0) is 15.0 Å². The van der Waals surface area contributed by atoms with E-state index in [-0.39, 0.29) is 11.8 Å².